The van der Waals surface area contributed by atoms with Gasteiger partial charge in [0.05, 0.1) is 7.11 Å². The minimum atomic E-state index is -0.173. The molecule has 1 spiro atoms. The third-order valence-corrected chi connectivity index (χ3v) is 6.21. The number of hydrogen-bond donors (Lipinski definition) is 0. The average molecular weight is 369 g/mol. The first-order valence-corrected chi connectivity index (χ1v) is 9.70. The van der Waals surface area contributed by atoms with Crippen LogP contribution in [0.15, 0.2) is 42.6 Å². The van der Waals surface area contributed by atoms with Gasteiger partial charge in [-0.3, -0.25) is 4.90 Å². The number of pyridine rings is 1. The fourth-order valence-electron chi connectivity index (χ4n) is 5.10. The van der Waals surface area contributed by atoms with Crippen molar-refractivity contribution >= 4 is 5.69 Å². The number of hydrogen-bond acceptors (Lipinski definition) is 4. The summed E-state index contributed by atoms with van der Waals surface area (Å²) in [6.45, 7) is 7.38. The Labute approximate surface area is 161 Å². The number of rotatable bonds is 4. The van der Waals surface area contributed by atoms with Crippen molar-refractivity contribution in [1.82, 2.24) is 9.88 Å². The van der Waals surface area contributed by atoms with E-state index in [4.69, 9.17) is 4.74 Å². The molecule has 0 radical (unpaired) electrons. The highest BCUT2D eigenvalue weighted by atomic mass is 19.1. The maximum absolute atomic E-state index is 13.8. The van der Waals surface area contributed by atoms with Crippen molar-refractivity contribution in [3.05, 3.63) is 54.0 Å². The van der Waals surface area contributed by atoms with E-state index in [1.807, 2.05) is 12.1 Å². The van der Waals surface area contributed by atoms with Gasteiger partial charge in [0, 0.05) is 41.6 Å². The molecule has 0 aliphatic carbocycles. The minimum Gasteiger partial charge on any atom is -0.481 e. The van der Waals surface area contributed by atoms with E-state index in [0.717, 1.165) is 37.3 Å². The second-order valence-electron chi connectivity index (χ2n) is 8.48. The number of ether oxygens (including phenoxy) is 1. The Morgan fingerprint density at radius 3 is 2.85 bits per heavy atom. The molecule has 1 unspecified atom stereocenters. The minimum absolute atomic E-state index is 0.0184. The van der Waals surface area contributed by atoms with Crippen LogP contribution in [0.3, 0.4) is 0 Å². The Bertz CT molecular complexity index is 825. The molecule has 2 aliphatic rings. The lowest BCUT2D eigenvalue weighted by atomic mass is 9.87. The zero-order chi connectivity index (χ0) is 19.1. The van der Waals surface area contributed by atoms with Crippen LogP contribution in [0.2, 0.25) is 0 Å². The van der Waals surface area contributed by atoms with Gasteiger partial charge in [0.2, 0.25) is 5.88 Å². The normalized spacial score (nSPS) is 24.7. The van der Waals surface area contributed by atoms with Gasteiger partial charge in [-0.1, -0.05) is 12.1 Å². The molecule has 144 valence electrons. The van der Waals surface area contributed by atoms with Gasteiger partial charge in [0.1, 0.15) is 5.82 Å². The molecule has 5 heteroatoms. The first-order chi connectivity index (χ1) is 12.9. The highest BCUT2D eigenvalue weighted by Gasteiger charge is 2.53. The number of anilines is 1. The molecule has 0 saturated carbocycles. The number of aromatic nitrogens is 1. The summed E-state index contributed by atoms with van der Waals surface area (Å²) < 4.78 is 19.3. The zero-order valence-electron chi connectivity index (χ0n) is 16.4. The van der Waals surface area contributed by atoms with Crippen LogP contribution in [0.4, 0.5) is 10.1 Å². The van der Waals surface area contributed by atoms with Gasteiger partial charge in [-0.25, -0.2) is 9.37 Å². The fourth-order valence-corrected chi connectivity index (χ4v) is 5.10. The Morgan fingerprint density at radius 2 is 2.07 bits per heavy atom. The molecule has 27 heavy (non-hydrogen) atoms. The summed E-state index contributed by atoms with van der Waals surface area (Å²) >= 11 is 0. The van der Waals surface area contributed by atoms with Crippen LogP contribution in [0.5, 0.6) is 5.88 Å². The lowest BCUT2D eigenvalue weighted by Crippen LogP contribution is -2.45. The van der Waals surface area contributed by atoms with E-state index in [0.29, 0.717) is 5.88 Å². The van der Waals surface area contributed by atoms with Gasteiger partial charge in [-0.2, -0.15) is 0 Å². The predicted octanol–water partition coefficient (Wildman–Crippen LogP) is 4.25. The van der Waals surface area contributed by atoms with E-state index in [1.165, 1.54) is 18.9 Å². The maximum atomic E-state index is 13.8. The Morgan fingerprint density at radius 1 is 1.22 bits per heavy atom. The number of likely N-dealkylation sites (tertiary alicyclic amines) is 1. The van der Waals surface area contributed by atoms with Crippen LogP contribution < -0.4 is 9.64 Å². The highest BCUT2D eigenvalue weighted by molar-refractivity contribution is 5.52. The van der Waals surface area contributed by atoms with Crippen LogP contribution in [0.25, 0.3) is 0 Å². The SMILES string of the molecule is COc1ncccc1CN1CCCC12CN(c1cccc(F)c1)C(C)(C)C2. The number of methoxy groups -OCH3 is 1. The second kappa shape index (κ2) is 6.79. The Balaban J connectivity index is 1.62. The summed E-state index contributed by atoms with van der Waals surface area (Å²) in [5, 5.41) is 0. The smallest absolute Gasteiger partial charge is 0.217 e. The molecule has 4 nitrogen and oxygen atoms in total. The van der Waals surface area contributed by atoms with E-state index in [9.17, 15) is 4.39 Å². The van der Waals surface area contributed by atoms with Crippen LogP contribution in [-0.2, 0) is 6.54 Å². The molecule has 2 fully saturated rings. The molecule has 1 atom stereocenters. The van der Waals surface area contributed by atoms with Crippen molar-refractivity contribution in [3.8, 4) is 5.88 Å². The van der Waals surface area contributed by atoms with Crippen LogP contribution in [0, 0.1) is 5.82 Å². The highest BCUT2D eigenvalue weighted by Crippen LogP contribution is 2.47. The summed E-state index contributed by atoms with van der Waals surface area (Å²) in [6, 6.07) is 11.1. The average Bonchev–Trinajstić information content (AvgIpc) is 3.14. The van der Waals surface area contributed by atoms with E-state index in [1.54, 1.807) is 25.4 Å². The lowest BCUT2D eigenvalue weighted by molar-refractivity contribution is 0.139. The van der Waals surface area contributed by atoms with Crippen molar-refractivity contribution in [3.63, 3.8) is 0 Å². The van der Waals surface area contributed by atoms with Crippen molar-refractivity contribution in [2.75, 3.05) is 25.1 Å². The predicted molar refractivity (Wildman–Crippen MR) is 106 cm³/mol. The molecule has 1 aromatic carbocycles. The summed E-state index contributed by atoms with van der Waals surface area (Å²) in [7, 11) is 1.68. The molecular weight excluding hydrogens is 341 g/mol. The molecular formula is C22H28FN3O. The van der Waals surface area contributed by atoms with Crippen LogP contribution in [0.1, 0.15) is 38.7 Å². The summed E-state index contributed by atoms with van der Waals surface area (Å²) in [5.41, 5.74) is 2.19. The van der Waals surface area contributed by atoms with Gasteiger partial charge in [0.25, 0.3) is 0 Å². The molecule has 2 aromatic rings. The zero-order valence-corrected chi connectivity index (χ0v) is 16.4. The van der Waals surface area contributed by atoms with Crippen LogP contribution in [-0.4, -0.2) is 41.2 Å². The van der Waals surface area contributed by atoms with Crippen molar-refractivity contribution in [2.24, 2.45) is 0 Å². The summed E-state index contributed by atoms with van der Waals surface area (Å²) in [6.07, 6.45) is 5.20. The van der Waals surface area contributed by atoms with Gasteiger partial charge in [-0.15, -0.1) is 0 Å². The van der Waals surface area contributed by atoms with E-state index < -0.39 is 0 Å². The third kappa shape index (κ3) is 3.29. The van der Waals surface area contributed by atoms with Crippen LogP contribution >= 0.6 is 0 Å². The molecule has 2 saturated heterocycles. The standard InChI is InChI=1S/C22H28FN3O/c1-21(2)15-22(16-26(21)19-9-4-8-18(23)13-19)10-6-12-25(22)14-17-7-5-11-24-20(17)27-3/h4-5,7-9,11,13H,6,10,12,14-16H2,1-3H3. The Kier molecular flexibility index (Phi) is 4.58. The topological polar surface area (TPSA) is 28.6 Å². The molecule has 1 aromatic heterocycles. The molecule has 0 amide bonds. The number of halogens is 1. The fraction of sp³-hybridized carbons (Fsp3) is 0.500. The summed E-state index contributed by atoms with van der Waals surface area (Å²) in [4.78, 5) is 9.33. The second-order valence-corrected chi connectivity index (χ2v) is 8.48. The molecule has 2 aliphatic heterocycles. The number of nitrogens with zero attached hydrogens (tertiary/aromatic N) is 3. The van der Waals surface area contributed by atoms with Crippen molar-refractivity contribution in [1.29, 1.82) is 0 Å². The summed E-state index contributed by atoms with van der Waals surface area (Å²) in [5.74, 6) is 0.534. The van der Waals surface area contributed by atoms with Gasteiger partial charge in [0.15, 0.2) is 0 Å². The monoisotopic (exact) mass is 369 g/mol. The quantitative estimate of drug-likeness (QED) is 0.805. The molecule has 0 bridgehead atoms. The van der Waals surface area contributed by atoms with Crippen molar-refractivity contribution in [2.45, 2.75) is 50.7 Å². The molecule has 4 rings (SSSR count). The largest absolute Gasteiger partial charge is 0.481 e. The third-order valence-electron chi connectivity index (χ3n) is 6.21. The van der Waals surface area contributed by atoms with Gasteiger partial charge < -0.3 is 9.64 Å². The van der Waals surface area contributed by atoms with E-state index in [2.05, 4.69) is 34.7 Å². The lowest BCUT2D eigenvalue weighted by Gasteiger charge is -2.35. The first kappa shape index (κ1) is 18.2. The Hall–Kier alpha value is -2.14. The first-order valence-electron chi connectivity index (χ1n) is 9.70. The van der Waals surface area contributed by atoms with Gasteiger partial charge >= 0.3 is 0 Å². The van der Waals surface area contributed by atoms with E-state index >= 15 is 0 Å². The maximum Gasteiger partial charge on any atom is 0.217 e. The molecule has 0 N–H and O–H groups in total. The molecule has 3 heterocycles. The number of benzene rings is 1. The van der Waals surface area contributed by atoms with E-state index in [-0.39, 0.29) is 16.9 Å². The van der Waals surface area contributed by atoms with Crippen molar-refractivity contribution < 1.29 is 9.13 Å². The van der Waals surface area contributed by atoms with Gasteiger partial charge in [-0.05, 0) is 63.9 Å².